The van der Waals surface area contributed by atoms with Crippen molar-refractivity contribution in [3.8, 4) is 11.5 Å². The van der Waals surface area contributed by atoms with Gasteiger partial charge in [0.25, 0.3) is 0 Å². The third kappa shape index (κ3) is 2.92. The molecule has 0 unspecified atom stereocenters. The molecule has 2 aromatic carbocycles. The van der Waals surface area contributed by atoms with Crippen LogP contribution < -0.4 is 14.0 Å². The molecule has 0 saturated heterocycles. The van der Waals surface area contributed by atoms with Gasteiger partial charge in [-0.05, 0) is 36.4 Å². The summed E-state index contributed by atoms with van der Waals surface area (Å²) >= 11 is 3.62. The van der Waals surface area contributed by atoms with E-state index >= 15 is 0 Å². The quantitative estimate of drug-likeness (QED) is 0.658. The van der Waals surface area contributed by atoms with E-state index in [9.17, 15) is 0 Å². The second kappa shape index (κ2) is 6.36. The van der Waals surface area contributed by atoms with Crippen molar-refractivity contribution in [1.29, 1.82) is 0 Å². The Hall–Kier alpha value is -2.07. The third-order valence-corrected chi connectivity index (χ3v) is 4.45. The fourth-order valence-electron chi connectivity index (χ4n) is 2.51. The van der Waals surface area contributed by atoms with E-state index in [0.29, 0.717) is 0 Å². The Bertz CT molecular complexity index is 817. The van der Waals surface area contributed by atoms with Crippen molar-refractivity contribution < 1.29 is 14.0 Å². The number of rotatable bonds is 4. The van der Waals surface area contributed by atoms with E-state index in [0.717, 1.165) is 33.4 Å². The SMILES string of the molecule is COc1ccc(Br)c(C[n+]2cccc3cc(OC)ccc32)c1. The Balaban J connectivity index is 2.04. The molecule has 0 bridgehead atoms. The Morgan fingerprint density at radius 2 is 1.68 bits per heavy atom. The summed E-state index contributed by atoms with van der Waals surface area (Å²) in [5.41, 5.74) is 2.34. The molecule has 0 amide bonds. The average molecular weight is 359 g/mol. The zero-order valence-electron chi connectivity index (χ0n) is 12.5. The molecule has 0 radical (unpaired) electrons. The highest BCUT2D eigenvalue weighted by atomic mass is 79.9. The van der Waals surface area contributed by atoms with Gasteiger partial charge in [-0.25, -0.2) is 0 Å². The van der Waals surface area contributed by atoms with Gasteiger partial charge in [-0.3, -0.25) is 0 Å². The van der Waals surface area contributed by atoms with Gasteiger partial charge < -0.3 is 9.47 Å². The summed E-state index contributed by atoms with van der Waals surface area (Å²) < 4.78 is 13.9. The second-order valence-electron chi connectivity index (χ2n) is 5.02. The molecule has 0 atom stereocenters. The van der Waals surface area contributed by atoms with Crippen molar-refractivity contribution in [3.05, 3.63) is 64.8 Å². The highest BCUT2D eigenvalue weighted by Crippen LogP contribution is 2.23. The van der Waals surface area contributed by atoms with Crippen LogP contribution >= 0.6 is 15.9 Å². The van der Waals surface area contributed by atoms with Gasteiger partial charge in [0.2, 0.25) is 5.52 Å². The first-order valence-electron chi connectivity index (χ1n) is 7.00. The van der Waals surface area contributed by atoms with E-state index in [1.54, 1.807) is 14.2 Å². The molecule has 3 aromatic rings. The summed E-state index contributed by atoms with van der Waals surface area (Å²) in [4.78, 5) is 0. The molecule has 112 valence electrons. The number of hydrogen-bond acceptors (Lipinski definition) is 2. The summed E-state index contributed by atoms with van der Waals surface area (Å²) in [6.45, 7) is 0.765. The number of hydrogen-bond donors (Lipinski definition) is 0. The van der Waals surface area contributed by atoms with Crippen molar-refractivity contribution in [1.82, 2.24) is 0 Å². The predicted molar refractivity (Wildman–Crippen MR) is 90.5 cm³/mol. The van der Waals surface area contributed by atoms with Crippen molar-refractivity contribution in [2.75, 3.05) is 14.2 Å². The third-order valence-electron chi connectivity index (χ3n) is 3.68. The Labute approximate surface area is 138 Å². The highest BCUT2D eigenvalue weighted by molar-refractivity contribution is 9.10. The molecule has 22 heavy (non-hydrogen) atoms. The van der Waals surface area contributed by atoms with Gasteiger partial charge >= 0.3 is 0 Å². The maximum Gasteiger partial charge on any atom is 0.213 e. The monoisotopic (exact) mass is 358 g/mol. The number of ether oxygens (including phenoxy) is 2. The molecule has 4 heteroatoms. The van der Waals surface area contributed by atoms with E-state index < -0.39 is 0 Å². The minimum atomic E-state index is 0.765. The number of benzene rings is 2. The van der Waals surface area contributed by atoms with Gasteiger partial charge in [0, 0.05) is 22.2 Å². The first-order chi connectivity index (χ1) is 10.7. The number of fused-ring (bicyclic) bond motifs is 1. The standard InChI is InChI=1S/C18H17BrNO2/c1-21-15-5-7-17(19)14(11-15)12-20-9-3-4-13-10-16(22-2)6-8-18(13)20/h3-11H,12H2,1-2H3/q+1. The van der Waals surface area contributed by atoms with Crippen molar-refractivity contribution in [2.45, 2.75) is 6.54 Å². The van der Waals surface area contributed by atoms with Gasteiger partial charge in [-0.2, -0.15) is 4.57 Å². The van der Waals surface area contributed by atoms with E-state index in [4.69, 9.17) is 9.47 Å². The van der Waals surface area contributed by atoms with Crippen LogP contribution in [0.4, 0.5) is 0 Å². The van der Waals surface area contributed by atoms with Gasteiger partial charge in [0.05, 0.1) is 19.6 Å². The number of halogens is 1. The van der Waals surface area contributed by atoms with Gasteiger partial charge in [0.15, 0.2) is 12.7 Å². The Kier molecular flexibility index (Phi) is 4.29. The largest absolute Gasteiger partial charge is 0.497 e. The fraction of sp³-hybridized carbons (Fsp3) is 0.167. The lowest BCUT2D eigenvalue weighted by molar-refractivity contribution is -0.662. The molecular weight excluding hydrogens is 342 g/mol. The summed E-state index contributed by atoms with van der Waals surface area (Å²) in [5.74, 6) is 1.73. The lowest BCUT2D eigenvalue weighted by atomic mass is 10.1. The minimum Gasteiger partial charge on any atom is -0.497 e. The second-order valence-corrected chi connectivity index (χ2v) is 5.87. The molecule has 0 saturated carbocycles. The van der Waals surface area contributed by atoms with Crippen LogP contribution in [0.1, 0.15) is 5.56 Å². The van der Waals surface area contributed by atoms with Crippen LogP contribution in [0, 0.1) is 0 Å². The minimum absolute atomic E-state index is 0.765. The summed E-state index contributed by atoms with van der Waals surface area (Å²) in [6.07, 6.45) is 2.08. The zero-order chi connectivity index (χ0) is 15.5. The van der Waals surface area contributed by atoms with E-state index in [2.05, 4.69) is 51.0 Å². The molecule has 1 heterocycles. The van der Waals surface area contributed by atoms with E-state index in [-0.39, 0.29) is 0 Å². The van der Waals surface area contributed by atoms with E-state index in [1.807, 2.05) is 24.3 Å². The van der Waals surface area contributed by atoms with E-state index in [1.165, 1.54) is 5.56 Å². The molecular formula is C18H17BrNO2+. The fourth-order valence-corrected chi connectivity index (χ4v) is 2.88. The summed E-state index contributed by atoms with van der Waals surface area (Å²) in [7, 11) is 3.37. The van der Waals surface area contributed by atoms with Crippen molar-refractivity contribution in [2.24, 2.45) is 0 Å². The number of pyridine rings is 1. The van der Waals surface area contributed by atoms with Crippen LogP contribution in [0.2, 0.25) is 0 Å². The first kappa shape index (κ1) is 14.9. The molecule has 0 spiro atoms. The topological polar surface area (TPSA) is 22.3 Å². The van der Waals surface area contributed by atoms with Crippen LogP contribution in [-0.2, 0) is 6.54 Å². The van der Waals surface area contributed by atoms with Crippen molar-refractivity contribution in [3.63, 3.8) is 0 Å². The number of methoxy groups -OCH3 is 2. The average Bonchev–Trinajstić information content (AvgIpc) is 2.56. The van der Waals surface area contributed by atoms with Crippen LogP contribution in [0.3, 0.4) is 0 Å². The molecule has 3 rings (SSSR count). The number of nitrogens with zero attached hydrogens (tertiary/aromatic N) is 1. The lowest BCUT2D eigenvalue weighted by Crippen LogP contribution is -2.34. The normalized spacial score (nSPS) is 10.7. The molecule has 0 N–H and O–H groups in total. The van der Waals surface area contributed by atoms with Crippen molar-refractivity contribution >= 4 is 26.8 Å². The predicted octanol–water partition coefficient (Wildman–Crippen LogP) is 3.96. The van der Waals surface area contributed by atoms with Crippen LogP contribution in [0.5, 0.6) is 11.5 Å². The molecule has 0 aliphatic rings. The summed E-state index contributed by atoms with van der Waals surface area (Å²) in [5, 5.41) is 1.15. The molecule has 3 nitrogen and oxygen atoms in total. The summed E-state index contributed by atoms with van der Waals surface area (Å²) in [6, 6.07) is 16.3. The van der Waals surface area contributed by atoms with Crippen LogP contribution in [0.15, 0.2) is 59.2 Å². The maximum atomic E-state index is 5.32. The molecule has 0 aliphatic heterocycles. The van der Waals surface area contributed by atoms with Gasteiger partial charge in [-0.1, -0.05) is 15.9 Å². The van der Waals surface area contributed by atoms with Gasteiger partial charge in [0.1, 0.15) is 11.5 Å². The molecule has 1 aromatic heterocycles. The lowest BCUT2D eigenvalue weighted by Gasteiger charge is -2.07. The maximum absolute atomic E-state index is 5.32. The zero-order valence-corrected chi connectivity index (χ0v) is 14.1. The smallest absolute Gasteiger partial charge is 0.213 e. The van der Waals surface area contributed by atoms with Gasteiger partial charge in [-0.15, -0.1) is 0 Å². The first-order valence-corrected chi connectivity index (χ1v) is 7.79. The molecule has 0 fully saturated rings. The van der Waals surface area contributed by atoms with Crippen LogP contribution in [0.25, 0.3) is 10.9 Å². The number of aromatic nitrogens is 1. The molecule has 0 aliphatic carbocycles. The Morgan fingerprint density at radius 1 is 0.955 bits per heavy atom. The highest BCUT2D eigenvalue weighted by Gasteiger charge is 2.12. The van der Waals surface area contributed by atoms with Crippen LogP contribution in [-0.4, -0.2) is 14.2 Å². The Morgan fingerprint density at radius 3 is 2.45 bits per heavy atom.